The van der Waals surface area contributed by atoms with E-state index in [2.05, 4.69) is 20.4 Å². The first kappa shape index (κ1) is 21.3. The molecule has 2 heterocycles. The molecular weight excluding hydrogens is 394 g/mol. The van der Waals surface area contributed by atoms with Crippen LogP contribution in [0.4, 0.5) is 0 Å². The molecule has 1 aromatic heterocycles. The Morgan fingerprint density at radius 3 is 2.55 bits per heavy atom. The van der Waals surface area contributed by atoms with E-state index in [-0.39, 0.29) is 24.7 Å². The molecule has 1 aliphatic rings. The Labute approximate surface area is 175 Å². The Morgan fingerprint density at radius 1 is 1.14 bits per heavy atom. The summed E-state index contributed by atoms with van der Waals surface area (Å²) in [5.41, 5.74) is 0.850. The van der Waals surface area contributed by atoms with Gasteiger partial charge in [0.2, 0.25) is 23.5 Å². The van der Waals surface area contributed by atoms with Gasteiger partial charge in [-0.05, 0) is 30.7 Å². The first-order valence-electron chi connectivity index (χ1n) is 9.90. The van der Waals surface area contributed by atoms with Crippen molar-refractivity contribution in [3.63, 3.8) is 0 Å². The van der Waals surface area contributed by atoms with Gasteiger partial charge in [0.05, 0.1) is 6.54 Å². The molecule has 156 valence electrons. The van der Waals surface area contributed by atoms with Gasteiger partial charge in [0.25, 0.3) is 0 Å². The highest BCUT2D eigenvalue weighted by atomic mass is 35.5. The van der Waals surface area contributed by atoms with Crippen molar-refractivity contribution in [3.8, 4) is 11.4 Å². The van der Waals surface area contributed by atoms with Crippen LogP contribution in [0, 0.1) is 0 Å². The van der Waals surface area contributed by atoms with E-state index in [1.165, 1.54) is 0 Å². The average molecular weight is 420 g/mol. The standard InChI is InChI=1S/C20H26ClN5O3/c1-2-9-22-17(27)7-8-19(28)26-12-10-25(11-13-26)14-18-23-20(24-29-18)15-3-5-16(21)6-4-15/h3-6H,2,7-14H2,1H3,(H,22,27). The summed E-state index contributed by atoms with van der Waals surface area (Å²) in [7, 11) is 0. The number of aromatic nitrogens is 2. The molecule has 0 spiro atoms. The zero-order valence-corrected chi connectivity index (χ0v) is 17.3. The summed E-state index contributed by atoms with van der Waals surface area (Å²) < 4.78 is 5.36. The van der Waals surface area contributed by atoms with Crippen molar-refractivity contribution in [1.82, 2.24) is 25.3 Å². The van der Waals surface area contributed by atoms with Gasteiger partial charge in [0.15, 0.2) is 0 Å². The van der Waals surface area contributed by atoms with E-state index in [1.54, 1.807) is 12.1 Å². The van der Waals surface area contributed by atoms with Crippen molar-refractivity contribution in [2.45, 2.75) is 32.7 Å². The second-order valence-corrected chi connectivity index (χ2v) is 7.46. The molecule has 0 radical (unpaired) electrons. The van der Waals surface area contributed by atoms with Gasteiger partial charge in [-0.15, -0.1) is 0 Å². The maximum atomic E-state index is 12.3. The lowest BCUT2D eigenvalue weighted by Crippen LogP contribution is -2.48. The van der Waals surface area contributed by atoms with Crippen molar-refractivity contribution in [2.24, 2.45) is 0 Å². The molecule has 1 saturated heterocycles. The topological polar surface area (TPSA) is 91.6 Å². The minimum absolute atomic E-state index is 0.0270. The fraction of sp³-hybridized carbons (Fsp3) is 0.500. The molecule has 0 aliphatic carbocycles. The maximum absolute atomic E-state index is 12.3. The smallest absolute Gasteiger partial charge is 0.241 e. The first-order valence-corrected chi connectivity index (χ1v) is 10.3. The van der Waals surface area contributed by atoms with Crippen LogP contribution in [-0.4, -0.2) is 64.5 Å². The molecule has 9 heteroatoms. The Kier molecular flexibility index (Phi) is 7.60. The lowest BCUT2D eigenvalue weighted by atomic mass is 10.2. The summed E-state index contributed by atoms with van der Waals surface area (Å²) in [5.74, 6) is 1.04. The highest BCUT2D eigenvalue weighted by Crippen LogP contribution is 2.19. The van der Waals surface area contributed by atoms with Gasteiger partial charge in [-0.1, -0.05) is 23.7 Å². The van der Waals surface area contributed by atoms with E-state index >= 15 is 0 Å². The number of rotatable bonds is 8. The van der Waals surface area contributed by atoms with E-state index in [4.69, 9.17) is 16.1 Å². The van der Waals surface area contributed by atoms with E-state index in [1.807, 2.05) is 24.0 Å². The third kappa shape index (κ3) is 6.27. The lowest BCUT2D eigenvalue weighted by molar-refractivity contribution is -0.135. The Morgan fingerprint density at radius 2 is 1.86 bits per heavy atom. The Bertz CT molecular complexity index is 816. The molecule has 3 rings (SSSR count). The zero-order chi connectivity index (χ0) is 20.6. The van der Waals surface area contributed by atoms with E-state index in [0.717, 1.165) is 25.1 Å². The number of piperazine rings is 1. The highest BCUT2D eigenvalue weighted by molar-refractivity contribution is 6.30. The molecule has 0 unspecified atom stereocenters. The van der Waals surface area contributed by atoms with Gasteiger partial charge in [-0.3, -0.25) is 14.5 Å². The molecule has 8 nitrogen and oxygen atoms in total. The number of benzene rings is 1. The van der Waals surface area contributed by atoms with Gasteiger partial charge in [0, 0.05) is 56.2 Å². The molecule has 0 saturated carbocycles. The van der Waals surface area contributed by atoms with Crippen LogP contribution >= 0.6 is 11.6 Å². The number of carbonyl (C=O) groups excluding carboxylic acids is 2. The van der Waals surface area contributed by atoms with E-state index < -0.39 is 0 Å². The second kappa shape index (κ2) is 10.4. The molecule has 2 amide bonds. The van der Waals surface area contributed by atoms with Gasteiger partial charge in [0.1, 0.15) is 0 Å². The fourth-order valence-electron chi connectivity index (χ4n) is 3.11. The predicted octanol–water partition coefficient (Wildman–Crippen LogP) is 2.34. The van der Waals surface area contributed by atoms with Gasteiger partial charge in [-0.2, -0.15) is 4.98 Å². The van der Waals surface area contributed by atoms with E-state index in [9.17, 15) is 9.59 Å². The largest absolute Gasteiger partial charge is 0.356 e. The fourth-order valence-corrected chi connectivity index (χ4v) is 3.24. The molecule has 29 heavy (non-hydrogen) atoms. The number of halogens is 1. The maximum Gasteiger partial charge on any atom is 0.241 e. The summed E-state index contributed by atoms with van der Waals surface area (Å²) >= 11 is 5.90. The predicted molar refractivity (Wildman–Crippen MR) is 109 cm³/mol. The van der Waals surface area contributed by atoms with Gasteiger partial charge >= 0.3 is 0 Å². The third-order valence-corrected chi connectivity index (χ3v) is 5.04. The number of nitrogens with zero attached hydrogens (tertiary/aromatic N) is 4. The summed E-state index contributed by atoms with van der Waals surface area (Å²) in [6.45, 7) is 5.92. The number of hydrogen-bond donors (Lipinski definition) is 1. The molecular formula is C20H26ClN5O3. The summed E-state index contributed by atoms with van der Waals surface area (Å²) in [6, 6.07) is 7.28. The SMILES string of the molecule is CCCNC(=O)CCC(=O)N1CCN(Cc2nc(-c3ccc(Cl)cc3)no2)CC1. The van der Waals surface area contributed by atoms with Crippen LogP contribution in [0.1, 0.15) is 32.1 Å². The number of carbonyl (C=O) groups is 2. The lowest BCUT2D eigenvalue weighted by Gasteiger charge is -2.34. The van der Waals surface area contributed by atoms with Crippen LogP contribution in [0.5, 0.6) is 0 Å². The summed E-state index contributed by atoms with van der Waals surface area (Å²) in [5, 5.41) is 7.48. The van der Waals surface area contributed by atoms with Crippen molar-refractivity contribution < 1.29 is 14.1 Å². The summed E-state index contributed by atoms with van der Waals surface area (Å²) in [4.78, 5) is 32.4. The second-order valence-electron chi connectivity index (χ2n) is 7.03. The van der Waals surface area contributed by atoms with Crippen LogP contribution in [-0.2, 0) is 16.1 Å². The molecule has 2 aromatic rings. The van der Waals surface area contributed by atoms with Gasteiger partial charge < -0.3 is 14.7 Å². The highest BCUT2D eigenvalue weighted by Gasteiger charge is 2.23. The van der Waals surface area contributed by atoms with E-state index in [0.29, 0.717) is 42.9 Å². The molecule has 1 aromatic carbocycles. The monoisotopic (exact) mass is 419 g/mol. The third-order valence-electron chi connectivity index (χ3n) is 4.79. The number of nitrogens with one attached hydrogen (secondary N) is 1. The quantitative estimate of drug-likeness (QED) is 0.706. The number of amides is 2. The van der Waals surface area contributed by atoms with Crippen molar-refractivity contribution in [2.75, 3.05) is 32.7 Å². The summed E-state index contributed by atoms with van der Waals surface area (Å²) in [6.07, 6.45) is 1.39. The van der Waals surface area contributed by atoms with Crippen LogP contribution in [0.25, 0.3) is 11.4 Å². The first-order chi connectivity index (χ1) is 14.0. The van der Waals surface area contributed by atoms with Crippen molar-refractivity contribution in [1.29, 1.82) is 0 Å². The van der Waals surface area contributed by atoms with Crippen LogP contribution in [0.2, 0.25) is 5.02 Å². The van der Waals surface area contributed by atoms with Crippen LogP contribution in [0.3, 0.4) is 0 Å². The Hall–Kier alpha value is -2.45. The van der Waals surface area contributed by atoms with Crippen molar-refractivity contribution in [3.05, 3.63) is 35.2 Å². The van der Waals surface area contributed by atoms with Crippen molar-refractivity contribution >= 4 is 23.4 Å². The Balaban J connectivity index is 1.42. The minimum atomic E-state index is -0.0632. The molecule has 1 fully saturated rings. The van der Waals surface area contributed by atoms with Gasteiger partial charge in [-0.25, -0.2) is 0 Å². The molecule has 0 atom stereocenters. The van der Waals surface area contributed by atoms with Crippen LogP contribution < -0.4 is 5.32 Å². The molecule has 0 bridgehead atoms. The average Bonchev–Trinajstić information content (AvgIpc) is 3.20. The zero-order valence-electron chi connectivity index (χ0n) is 16.6. The minimum Gasteiger partial charge on any atom is -0.356 e. The van der Waals surface area contributed by atoms with Crippen LogP contribution in [0.15, 0.2) is 28.8 Å². The molecule has 1 N–H and O–H groups in total. The molecule has 1 aliphatic heterocycles. The normalized spacial score (nSPS) is 14.8. The number of hydrogen-bond acceptors (Lipinski definition) is 6.